The number of quaternary nitrogens is 1. The molecule has 0 saturated heterocycles. The lowest BCUT2D eigenvalue weighted by Gasteiger charge is -2.13. The topological polar surface area (TPSA) is 51.0 Å². The van der Waals surface area contributed by atoms with Crippen LogP contribution in [0, 0.1) is 0 Å². The molecule has 2 N–H and O–H groups in total. The van der Waals surface area contributed by atoms with E-state index >= 15 is 0 Å². The predicted molar refractivity (Wildman–Crippen MR) is 37.7 cm³/mol. The minimum absolute atomic E-state index is 0.0748. The molecular weight excluding hydrogens is 165 g/mol. The third-order valence-corrected chi connectivity index (χ3v) is 1.55. The number of carbonyl (C=O) groups is 1. The Balaban J connectivity index is 2.80. The van der Waals surface area contributed by atoms with E-state index in [0.29, 0.717) is 5.06 Å². The van der Waals surface area contributed by atoms with Crippen molar-refractivity contribution >= 4 is 5.97 Å². The van der Waals surface area contributed by atoms with Gasteiger partial charge in [-0.15, -0.1) is 0 Å². The number of hydroxylamine groups is 2. The van der Waals surface area contributed by atoms with E-state index in [2.05, 4.69) is 0 Å². The standard InChI is InChI=1S/C7H8FNO3/c1-12-9-3-2-5(7(10)11)6(8)4-9/h2-3H,4H2,1H3,(H,10,11)/p+1. The van der Waals surface area contributed by atoms with E-state index in [-0.39, 0.29) is 12.1 Å². The molecule has 1 rings (SSSR count). The van der Waals surface area contributed by atoms with Gasteiger partial charge in [-0.25, -0.2) is 14.0 Å². The Bertz CT molecular complexity index is 259. The van der Waals surface area contributed by atoms with Crippen molar-refractivity contribution in [2.24, 2.45) is 0 Å². The van der Waals surface area contributed by atoms with Gasteiger partial charge in [-0.1, -0.05) is 0 Å². The van der Waals surface area contributed by atoms with Crippen molar-refractivity contribution in [1.29, 1.82) is 0 Å². The number of halogens is 1. The average molecular weight is 174 g/mol. The monoisotopic (exact) mass is 174 g/mol. The van der Waals surface area contributed by atoms with E-state index in [4.69, 9.17) is 9.94 Å². The summed E-state index contributed by atoms with van der Waals surface area (Å²) in [5.41, 5.74) is -0.296. The van der Waals surface area contributed by atoms with Gasteiger partial charge in [0.25, 0.3) is 0 Å². The molecule has 0 fully saturated rings. The molecule has 0 amide bonds. The number of carboxylic acids is 1. The molecule has 1 heterocycles. The van der Waals surface area contributed by atoms with Crippen molar-refractivity contribution in [1.82, 2.24) is 0 Å². The maximum Gasteiger partial charge on any atom is 0.338 e. The van der Waals surface area contributed by atoms with E-state index in [1.807, 2.05) is 0 Å². The van der Waals surface area contributed by atoms with Crippen LogP contribution < -0.4 is 5.06 Å². The van der Waals surface area contributed by atoms with Gasteiger partial charge in [0, 0.05) is 6.08 Å². The Labute approximate surface area is 68.5 Å². The molecule has 12 heavy (non-hydrogen) atoms. The number of rotatable bonds is 2. The quantitative estimate of drug-likeness (QED) is 0.580. The van der Waals surface area contributed by atoms with Crippen LogP contribution >= 0.6 is 0 Å². The van der Waals surface area contributed by atoms with Gasteiger partial charge in [-0.3, -0.25) is 0 Å². The fraction of sp³-hybridized carbons (Fsp3) is 0.286. The van der Waals surface area contributed by atoms with Crippen LogP contribution in [0.1, 0.15) is 0 Å². The molecule has 1 unspecified atom stereocenters. The lowest BCUT2D eigenvalue weighted by Crippen LogP contribution is -3.06. The first-order valence-electron chi connectivity index (χ1n) is 3.35. The van der Waals surface area contributed by atoms with Crippen LogP contribution in [-0.2, 0) is 9.63 Å². The van der Waals surface area contributed by atoms with E-state index in [1.54, 1.807) is 0 Å². The zero-order valence-electron chi connectivity index (χ0n) is 6.50. The Kier molecular flexibility index (Phi) is 2.57. The van der Waals surface area contributed by atoms with Crippen molar-refractivity contribution in [3.8, 4) is 0 Å². The fourth-order valence-electron chi connectivity index (χ4n) is 0.901. The Morgan fingerprint density at radius 1 is 1.83 bits per heavy atom. The summed E-state index contributed by atoms with van der Waals surface area (Å²) in [6, 6.07) is 0. The molecule has 5 heteroatoms. The minimum atomic E-state index is -1.25. The van der Waals surface area contributed by atoms with Gasteiger partial charge >= 0.3 is 5.97 Å². The minimum Gasteiger partial charge on any atom is -0.478 e. The number of aliphatic carboxylic acids is 1. The van der Waals surface area contributed by atoms with Crippen molar-refractivity contribution in [3.63, 3.8) is 0 Å². The molecule has 0 radical (unpaired) electrons. The molecule has 0 spiro atoms. The van der Waals surface area contributed by atoms with Crippen LogP contribution in [0.4, 0.5) is 4.39 Å². The van der Waals surface area contributed by atoms with Crippen LogP contribution in [-0.4, -0.2) is 24.7 Å². The fourth-order valence-corrected chi connectivity index (χ4v) is 0.901. The summed E-state index contributed by atoms with van der Waals surface area (Å²) in [6.45, 7) is -0.0748. The summed E-state index contributed by atoms with van der Waals surface area (Å²) in [4.78, 5) is 15.1. The highest BCUT2D eigenvalue weighted by Gasteiger charge is 2.21. The van der Waals surface area contributed by atoms with Crippen LogP contribution in [0.25, 0.3) is 0 Å². The van der Waals surface area contributed by atoms with Crippen molar-refractivity contribution in [2.45, 2.75) is 0 Å². The molecular formula is C7H9FNO3+. The highest BCUT2D eigenvalue weighted by Crippen LogP contribution is 2.08. The van der Waals surface area contributed by atoms with Gasteiger partial charge in [-0.05, 0) is 0 Å². The van der Waals surface area contributed by atoms with E-state index < -0.39 is 11.8 Å². The second kappa shape index (κ2) is 3.46. The first-order chi connectivity index (χ1) is 5.65. The zero-order valence-corrected chi connectivity index (χ0v) is 6.50. The lowest BCUT2D eigenvalue weighted by atomic mass is 10.2. The molecule has 4 nitrogen and oxygen atoms in total. The van der Waals surface area contributed by atoms with Crippen LogP contribution in [0.15, 0.2) is 23.7 Å². The number of hydrogen-bond donors (Lipinski definition) is 2. The van der Waals surface area contributed by atoms with E-state index in [0.717, 1.165) is 0 Å². The maximum atomic E-state index is 12.9. The third kappa shape index (κ3) is 1.69. The molecule has 1 aliphatic rings. The van der Waals surface area contributed by atoms with Gasteiger partial charge in [0.1, 0.15) is 11.8 Å². The molecule has 0 bridgehead atoms. The Morgan fingerprint density at radius 3 is 2.92 bits per heavy atom. The smallest absolute Gasteiger partial charge is 0.338 e. The lowest BCUT2D eigenvalue weighted by molar-refractivity contribution is -1.04. The molecule has 66 valence electrons. The summed E-state index contributed by atoms with van der Waals surface area (Å²) >= 11 is 0. The summed E-state index contributed by atoms with van der Waals surface area (Å²) in [5, 5.41) is 8.90. The Morgan fingerprint density at radius 2 is 2.50 bits per heavy atom. The largest absolute Gasteiger partial charge is 0.478 e. The van der Waals surface area contributed by atoms with Gasteiger partial charge in [0.15, 0.2) is 12.4 Å². The summed E-state index contributed by atoms with van der Waals surface area (Å²) in [5.74, 6) is -1.92. The van der Waals surface area contributed by atoms with Crippen molar-refractivity contribution < 1.29 is 24.2 Å². The average Bonchev–Trinajstić information content (AvgIpc) is 2.03. The zero-order chi connectivity index (χ0) is 9.14. The summed E-state index contributed by atoms with van der Waals surface area (Å²) < 4.78 is 12.9. The number of hydrogen-bond acceptors (Lipinski definition) is 2. The molecule has 0 aliphatic carbocycles. The van der Waals surface area contributed by atoms with Crippen molar-refractivity contribution in [3.05, 3.63) is 23.7 Å². The Hall–Kier alpha value is -1.20. The summed E-state index contributed by atoms with van der Waals surface area (Å²) in [7, 11) is 1.42. The van der Waals surface area contributed by atoms with Crippen LogP contribution in [0.3, 0.4) is 0 Å². The van der Waals surface area contributed by atoms with Gasteiger partial charge in [0.05, 0.1) is 7.11 Å². The van der Waals surface area contributed by atoms with E-state index in [1.165, 1.54) is 19.4 Å². The third-order valence-electron chi connectivity index (χ3n) is 1.55. The van der Waals surface area contributed by atoms with Crippen LogP contribution in [0.5, 0.6) is 0 Å². The van der Waals surface area contributed by atoms with Gasteiger partial charge in [0.2, 0.25) is 0 Å². The second-order valence-corrected chi connectivity index (χ2v) is 2.30. The maximum absolute atomic E-state index is 12.9. The second-order valence-electron chi connectivity index (χ2n) is 2.30. The van der Waals surface area contributed by atoms with Gasteiger partial charge in [-0.2, -0.15) is 5.06 Å². The normalized spacial score (nSPS) is 23.0. The summed E-state index contributed by atoms with van der Waals surface area (Å²) in [6.07, 6.45) is 2.65. The molecule has 0 aromatic carbocycles. The number of nitrogens with one attached hydrogen (secondary N) is 1. The number of carboxylic acid groups (broad SMARTS) is 1. The first-order valence-corrected chi connectivity index (χ1v) is 3.35. The predicted octanol–water partition coefficient (Wildman–Crippen LogP) is -0.732. The molecule has 0 aromatic rings. The molecule has 0 aromatic heterocycles. The van der Waals surface area contributed by atoms with E-state index in [9.17, 15) is 9.18 Å². The van der Waals surface area contributed by atoms with Crippen molar-refractivity contribution in [2.75, 3.05) is 13.7 Å². The molecule has 0 saturated carbocycles. The molecule has 1 aliphatic heterocycles. The SMILES string of the molecule is CO[NH+]1C=CC(C(=O)O)=C(F)C1. The van der Waals surface area contributed by atoms with Crippen LogP contribution in [0.2, 0.25) is 0 Å². The molecule has 1 atom stereocenters. The highest BCUT2D eigenvalue weighted by molar-refractivity contribution is 5.90. The van der Waals surface area contributed by atoms with Gasteiger partial charge < -0.3 is 5.11 Å². The highest BCUT2D eigenvalue weighted by atomic mass is 19.1. The first kappa shape index (κ1) is 8.89.